The summed E-state index contributed by atoms with van der Waals surface area (Å²) in [6.07, 6.45) is -4.84. The van der Waals surface area contributed by atoms with Crippen LogP contribution in [0.15, 0.2) is 0 Å². The molecule has 7 nitrogen and oxygen atoms in total. The fraction of sp³-hybridized carbons (Fsp3) is 0.438. The van der Waals surface area contributed by atoms with Crippen LogP contribution in [0.1, 0.15) is 31.5 Å². The Morgan fingerprint density at radius 1 is 1.28 bits per heavy atom. The topological polar surface area (TPSA) is 98.3 Å². The molecule has 3 N–H and O–H groups in total. The number of fused-ring (bicyclic) bond motifs is 1. The van der Waals surface area contributed by atoms with Crippen LogP contribution in [0.25, 0.3) is 0 Å². The van der Waals surface area contributed by atoms with Crippen LogP contribution in [0.4, 0.5) is 18.3 Å². The number of amides is 1. The fourth-order valence-corrected chi connectivity index (χ4v) is 4.99. The predicted octanol–water partition coefficient (Wildman–Crippen LogP) is 3.67. The van der Waals surface area contributed by atoms with E-state index >= 15 is 0 Å². The maximum absolute atomic E-state index is 13.0. The van der Waals surface area contributed by atoms with Crippen molar-refractivity contribution in [2.45, 2.75) is 19.1 Å². The summed E-state index contributed by atoms with van der Waals surface area (Å²) < 4.78 is 39.0. The quantitative estimate of drug-likeness (QED) is 0.635. The van der Waals surface area contributed by atoms with Gasteiger partial charge in [0.15, 0.2) is 10.8 Å². The SMILES string of the molecule is Cc1[nH]c(C(=O)NC2[C@H]3CN(c4nc(C(F)(F)F)c(C(=O)O)s4)C[C@@H]23)c(Cl)c1Cl. The molecule has 0 aromatic carbocycles. The van der Waals surface area contributed by atoms with Crippen molar-refractivity contribution in [3.63, 3.8) is 0 Å². The molecule has 13 heteroatoms. The van der Waals surface area contributed by atoms with E-state index in [1.807, 2.05) is 0 Å². The number of aromatic carboxylic acids is 1. The number of carbonyl (C=O) groups is 2. The lowest BCUT2D eigenvalue weighted by Crippen LogP contribution is -2.35. The maximum atomic E-state index is 13.0. The van der Waals surface area contributed by atoms with Gasteiger partial charge in [0.2, 0.25) is 0 Å². The molecule has 1 aliphatic heterocycles. The lowest BCUT2D eigenvalue weighted by molar-refractivity contribution is -0.141. The third-order valence-corrected chi connectivity index (χ3v) is 7.17. The molecule has 0 radical (unpaired) electrons. The Morgan fingerprint density at radius 3 is 2.34 bits per heavy atom. The highest BCUT2D eigenvalue weighted by Gasteiger charge is 2.57. The molecule has 1 unspecified atom stereocenters. The van der Waals surface area contributed by atoms with Gasteiger partial charge in [-0.2, -0.15) is 13.2 Å². The largest absolute Gasteiger partial charge is 0.477 e. The van der Waals surface area contributed by atoms with Gasteiger partial charge in [-0.3, -0.25) is 4.79 Å². The number of carboxylic acids is 1. The lowest BCUT2D eigenvalue weighted by Gasteiger charge is -2.19. The highest BCUT2D eigenvalue weighted by atomic mass is 35.5. The van der Waals surface area contributed by atoms with E-state index in [0.29, 0.717) is 30.1 Å². The standard InChI is InChI=1S/C16H13Cl2F3N4O3S/c1-4-7(17)8(18)10(22-4)13(26)23-9-5-2-25(3-6(5)9)15-24-12(16(19,20)21)11(29-15)14(27)28/h5-6,9,22H,2-3H2,1H3,(H,23,26)(H,27,28)/t5-,6+,9?. The van der Waals surface area contributed by atoms with Crippen molar-refractivity contribution in [1.82, 2.24) is 15.3 Å². The number of anilines is 1. The molecular weight excluding hydrogens is 456 g/mol. The molecule has 0 spiro atoms. The molecule has 3 heterocycles. The van der Waals surface area contributed by atoms with Gasteiger partial charge in [-0.15, -0.1) is 0 Å². The maximum Gasteiger partial charge on any atom is 0.435 e. The molecule has 2 aromatic heterocycles. The first-order chi connectivity index (χ1) is 13.5. The normalized spacial score (nSPS) is 23.2. The summed E-state index contributed by atoms with van der Waals surface area (Å²) >= 11 is 12.5. The van der Waals surface area contributed by atoms with Gasteiger partial charge >= 0.3 is 12.1 Å². The van der Waals surface area contributed by atoms with Crippen molar-refractivity contribution >= 4 is 51.5 Å². The number of rotatable bonds is 4. The zero-order valence-corrected chi connectivity index (χ0v) is 16.9. The molecule has 1 saturated heterocycles. The van der Waals surface area contributed by atoms with Crippen molar-refractivity contribution in [3.05, 3.63) is 32.0 Å². The highest BCUT2D eigenvalue weighted by molar-refractivity contribution is 7.17. The number of aromatic amines is 1. The summed E-state index contributed by atoms with van der Waals surface area (Å²) in [5.74, 6) is -1.99. The molecule has 0 bridgehead atoms. The van der Waals surface area contributed by atoms with Crippen LogP contribution in [-0.2, 0) is 6.18 Å². The van der Waals surface area contributed by atoms with E-state index in [0.717, 1.165) is 0 Å². The van der Waals surface area contributed by atoms with Gasteiger partial charge in [-0.25, -0.2) is 9.78 Å². The summed E-state index contributed by atoms with van der Waals surface area (Å²) in [4.78, 5) is 30.6. The van der Waals surface area contributed by atoms with Gasteiger partial charge in [-0.05, 0) is 6.92 Å². The molecule has 156 valence electrons. The Kier molecular flexibility index (Phi) is 4.74. The second-order valence-corrected chi connectivity index (χ2v) is 8.70. The van der Waals surface area contributed by atoms with Crippen LogP contribution in [0.2, 0.25) is 10.0 Å². The number of halogens is 5. The van der Waals surface area contributed by atoms with Gasteiger partial charge in [0.25, 0.3) is 5.91 Å². The molecule has 2 aliphatic rings. The molecular formula is C16H13Cl2F3N4O3S. The average molecular weight is 469 g/mol. The Bertz CT molecular complexity index is 1010. The summed E-state index contributed by atoms with van der Waals surface area (Å²) in [6.45, 7) is 2.43. The van der Waals surface area contributed by atoms with E-state index in [9.17, 15) is 22.8 Å². The Hall–Kier alpha value is -1.98. The number of H-pyrrole nitrogens is 1. The van der Waals surface area contributed by atoms with Crippen LogP contribution in [-0.4, -0.2) is 46.1 Å². The van der Waals surface area contributed by atoms with Gasteiger partial charge in [0, 0.05) is 36.7 Å². The van der Waals surface area contributed by atoms with Gasteiger partial charge < -0.3 is 20.3 Å². The van der Waals surface area contributed by atoms with Crippen molar-refractivity contribution in [3.8, 4) is 0 Å². The zero-order valence-electron chi connectivity index (χ0n) is 14.6. The van der Waals surface area contributed by atoms with Crippen molar-refractivity contribution in [1.29, 1.82) is 0 Å². The second kappa shape index (κ2) is 6.78. The minimum absolute atomic E-state index is 0.0156. The predicted molar refractivity (Wildman–Crippen MR) is 100 cm³/mol. The van der Waals surface area contributed by atoms with E-state index in [1.165, 1.54) is 0 Å². The van der Waals surface area contributed by atoms with Crippen molar-refractivity contribution in [2.24, 2.45) is 11.8 Å². The zero-order chi connectivity index (χ0) is 21.2. The number of thiazole rings is 1. The molecule has 1 saturated carbocycles. The monoisotopic (exact) mass is 468 g/mol. The molecule has 29 heavy (non-hydrogen) atoms. The number of nitrogens with zero attached hydrogens (tertiary/aromatic N) is 2. The number of carbonyl (C=O) groups excluding carboxylic acids is 1. The van der Waals surface area contributed by atoms with Crippen LogP contribution < -0.4 is 10.2 Å². The first-order valence-corrected chi connectivity index (χ1v) is 9.97. The van der Waals surface area contributed by atoms with Crippen LogP contribution >= 0.6 is 34.5 Å². The number of alkyl halides is 3. The molecule has 1 aliphatic carbocycles. The van der Waals surface area contributed by atoms with E-state index in [-0.39, 0.29) is 38.7 Å². The number of aryl methyl sites for hydroxylation is 1. The van der Waals surface area contributed by atoms with Crippen molar-refractivity contribution in [2.75, 3.05) is 18.0 Å². The van der Waals surface area contributed by atoms with Crippen molar-refractivity contribution < 1.29 is 27.9 Å². The highest BCUT2D eigenvalue weighted by Crippen LogP contribution is 2.48. The third-order valence-electron chi connectivity index (χ3n) is 5.12. The summed E-state index contributed by atoms with van der Waals surface area (Å²) in [6, 6.07) is -0.141. The van der Waals surface area contributed by atoms with E-state index in [1.54, 1.807) is 11.8 Å². The lowest BCUT2D eigenvalue weighted by atomic mass is 10.3. The number of hydrogen-bond acceptors (Lipinski definition) is 5. The summed E-state index contributed by atoms with van der Waals surface area (Å²) in [7, 11) is 0. The number of nitrogens with one attached hydrogen (secondary N) is 2. The average Bonchev–Trinajstić information content (AvgIpc) is 3.06. The Morgan fingerprint density at radius 2 is 1.90 bits per heavy atom. The molecule has 4 rings (SSSR count). The van der Waals surface area contributed by atoms with E-state index < -0.39 is 28.6 Å². The smallest absolute Gasteiger partial charge is 0.435 e. The Labute approximate surface area is 175 Å². The molecule has 2 fully saturated rings. The molecule has 3 atom stereocenters. The van der Waals surface area contributed by atoms with Gasteiger partial charge in [-0.1, -0.05) is 34.5 Å². The Balaban J connectivity index is 1.42. The molecule has 1 amide bonds. The first kappa shape index (κ1) is 20.3. The van der Waals surface area contributed by atoms with Crippen LogP contribution in [0.3, 0.4) is 0 Å². The van der Waals surface area contributed by atoms with Gasteiger partial charge in [0.05, 0.1) is 10.0 Å². The van der Waals surface area contributed by atoms with Gasteiger partial charge in [0.1, 0.15) is 10.6 Å². The summed E-state index contributed by atoms with van der Waals surface area (Å²) in [5, 5.41) is 12.3. The van der Waals surface area contributed by atoms with Crippen LogP contribution in [0, 0.1) is 18.8 Å². The summed E-state index contributed by atoms with van der Waals surface area (Å²) in [5.41, 5.74) is -0.650. The number of piperidine rings is 1. The number of carboxylic acid groups (broad SMARTS) is 1. The first-order valence-electron chi connectivity index (χ1n) is 8.39. The minimum Gasteiger partial charge on any atom is -0.477 e. The van der Waals surface area contributed by atoms with E-state index in [2.05, 4.69) is 15.3 Å². The third kappa shape index (κ3) is 3.44. The minimum atomic E-state index is -4.84. The number of hydrogen-bond donors (Lipinski definition) is 3. The number of aromatic nitrogens is 2. The molecule has 2 aromatic rings. The fourth-order valence-electron chi connectivity index (χ4n) is 3.63. The second-order valence-electron chi connectivity index (χ2n) is 6.96. The van der Waals surface area contributed by atoms with Crippen LogP contribution in [0.5, 0.6) is 0 Å². The van der Waals surface area contributed by atoms with E-state index in [4.69, 9.17) is 28.3 Å².